The zero-order chi connectivity index (χ0) is 16.3. The molecule has 0 saturated carbocycles. The van der Waals surface area contributed by atoms with Crippen LogP contribution in [0.5, 0.6) is 5.75 Å². The summed E-state index contributed by atoms with van der Waals surface area (Å²) in [5.41, 5.74) is 3.82. The molecule has 0 bridgehead atoms. The fraction of sp³-hybridized carbons (Fsp3) is 0. The Morgan fingerprint density at radius 1 is 1.41 bits per heavy atom. The van der Waals surface area contributed by atoms with E-state index in [9.17, 15) is 19.3 Å². The second kappa shape index (κ2) is 6.18. The van der Waals surface area contributed by atoms with Crippen LogP contribution in [0.4, 0.5) is 26.5 Å². The van der Waals surface area contributed by atoms with Gasteiger partial charge in [0.25, 0.3) is 0 Å². The molecule has 2 rings (SSSR count). The zero-order valence-electron chi connectivity index (χ0n) is 10.6. The number of nitrogens with two attached hydrogens (primary N) is 1. The summed E-state index contributed by atoms with van der Waals surface area (Å²) in [6.07, 6.45) is 1.21. The Hall–Kier alpha value is -3.01. The minimum atomic E-state index is -1.30. The van der Waals surface area contributed by atoms with E-state index in [0.717, 1.165) is 6.07 Å². The van der Waals surface area contributed by atoms with E-state index in [-0.39, 0.29) is 16.7 Å². The quantitative estimate of drug-likeness (QED) is 0.650. The number of rotatable bonds is 4. The van der Waals surface area contributed by atoms with Gasteiger partial charge in [0.1, 0.15) is 0 Å². The van der Waals surface area contributed by atoms with Crippen LogP contribution in [0.25, 0.3) is 0 Å². The Balaban J connectivity index is 2.39. The van der Waals surface area contributed by atoms with Gasteiger partial charge in [0.15, 0.2) is 5.82 Å². The van der Waals surface area contributed by atoms with Crippen LogP contribution in [-0.2, 0) is 0 Å². The molecule has 0 radical (unpaired) electrons. The number of hydrogen-bond donors (Lipinski definition) is 2. The number of aromatic nitrogens is 2. The molecule has 0 unspecified atom stereocenters. The summed E-state index contributed by atoms with van der Waals surface area (Å²) in [7, 11) is 0. The molecule has 1 aromatic carbocycles. The van der Waals surface area contributed by atoms with Gasteiger partial charge in [-0.15, -0.1) is 0 Å². The molecular weight excluding hydrogens is 321 g/mol. The van der Waals surface area contributed by atoms with E-state index in [2.05, 4.69) is 20.0 Å². The van der Waals surface area contributed by atoms with Crippen LogP contribution in [0.1, 0.15) is 0 Å². The average Bonchev–Trinajstić information content (AvgIpc) is 2.43. The van der Waals surface area contributed by atoms with Gasteiger partial charge in [-0.25, -0.2) is 19.2 Å². The normalized spacial score (nSPS) is 10.1. The van der Waals surface area contributed by atoms with Crippen LogP contribution in [0.15, 0.2) is 24.5 Å². The third kappa shape index (κ3) is 3.55. The van der Waals surface area contributed by atoms with Gasteiger partial charge >= 0.3 is 11.8 Å². The summed E-state index contributed by atoms with van der Waals surface area (Å²) in [6, 6.07) is 1.48. The van der Waals surface area contributed by atoms with E-state index in [1.807, 2.05) is 0 Å². The molecule has 3 N–H and O–H groups in total. The summed E-state index contributed by atoms with van der Waals surface area (Å²) in [4.78, 5) is 28.3. The molecule has 1 aromatic heterocycles. The van der Waals surface area contributed by atoms with Crippen molar-refractivity contribution in [3.8, 4) is 5.75 Å². The molecule has 1 amide bonds. The minimum absolute atomic E-state index is 0.0267. The molecule has 1 heterocycles. The van der Waals surface area contributed by atoms with Crippen LogP contribution in [0.2, 0.25) is 5.02 Å². The van der Waals surface area contributed by atoms with Crippen molar-refractivity contribution in [2.24, 2.45) is 5.73 Å². The molecule has 11 heteroatoms. The van der Waals surface area contributed by atoms with Crippen molar-refractivity contribution in [2.75, 3.05) is 5.32 Å². The SMILES string of the molecule is NC(=O)Oc1cc(F)c(Nc2ncc(Cl)cn2)cc1[N+](=O)[O-]. The number of carbonyl (C=O) groups excluding carboxylic acids is 1. The number of amides is 1. The molecule has 2 aromatic rings. The first kappa shape index (κ1) is 15.4. The van der Waals surface area contributed by atoms with Crippen molar-refractivity contribution < 1.29 is 18.8 Å². The zero-order valence-corrected chi connectivity index (χ0v) is 11.4. The molecule has 0 fully saturated rings. The number of nitrogens with zero attached hydrogens (tertiary/aromatic N) is 3. The lowest BCUT2D eigenvalue weighted by Crippen LogP contribution is -2.17. The molecule has 0 aliphatic carbocycles. The van der Waals surface area contributed by atoms with Crippen molar-refractivity contribution in [1.82, 2.24) is 9.97 Å². The van der Waals surface area contributed by atoms with E-state index in [1.165, 1.54) is 12.4 Å². The Bertz CT molecular complexity index is 740. The summed E-state index contributed by atoms with van der Waals surface area (Å²) in [6.45, 7) is 0. The predicted octanol–water partition coefficient (Wildman–Crippen LogP) is 2.38. The summed E-state index contributed by atoms with van der Waals surface area (Å²) < 4.78 is 18.3. The van der Waals surface area contributed by atoms with Crippen LogP contribution in [0, 0.1) is 15.9 Å². The largest absolute Gasteiger partial charge is 0.410 e. The number of hydrogen-bond acceptors (Lipinski definition) is 7. The lowest BCUT2D eigenvalue weighted by atomic mass is 10.2. The van der Waals surface area contributed by atoms with E-state index in [0.29, 0.717) is 6.07 Å². The van der Waals surface area contributed by atoms with Gasteiger partial charge in [-0.2, -0.15) is 0 Å². The number of primary amides is 1. The van der Waals surface area contributed by atoms with Gasteiger partial charge in [0.2, 0.25) is 11.7 Å². The summed E-state index contributed by atoms with van der Waals surface area (Å²) in [5.74, 6) is -1.57. The molecule has 0 atom stereocenters. The highest BCUT2D eigenvalue weighted by Crippen LogP contribution is 2.33. The number of nitro benzene ring substituents is 1. The molecular formula is C11H7ClFN5O4. The number of carbonyl (C=O) groups is 1. The maximum Gasteiger partial charge on any atom is 0.410 e. The Morgan fingerprint density at radius 2 is 2.05 bits per heavy atom. The first-order valence-corrected chi connectivity index (χ1v) is 5.94. The summed E-state index contributed by atoms with van der Waals surface area (Å²) >= 11 is 5.61. The monoisotopic (exact) mass is 327 g/mol. The highest BCUT2D eigenvalue weighted by molar-refractivity contribution is 6.30. The van der Waals surface area contributed by atoms with Gasteiger partial charge in [-0.3, -0.25) is 10.1 Å². The van der Waals surface area contributed by atoms with Gasteiger partial charge < -0.3 is 15.8 Å². The van der Waals surface area contributed by atoms with Crippen molar-refractivity contribution >= 4 is 35.0 Å². The number of benzene rings is 1. The first-order chi connectivity index (χ1) is 10.4. The second-order valence-corrected chi connectivity index (χ2v) is 4.26. The molecule has 0 spiro atoms. The lowest BCUT2D eigenvalue weighted by Gasteiger charge is -2.08. The van der Waals surface area contributed by atoms with Crippen molar-refractivity contribution in [1.29, 1.82) is 0 Å². The van der Waals surface area contributed by atoms with E-state index >= 15 is 0 Å². The van der Waals surface area contributed by atoms with Gasteiger partial charge in [0.05, 0.1) is 28.0 Å². The molecule has 0 aliphatic heterocycles. The fourth-order valence-corrected chi connectivity index (χ4v) is 1.57. The molecule has 22 heavy (non-hydrogen) atoms. The Kier molecular flexibility index (Phi) is 4.32. The standard InChI is InChI=1S/C11H7ClFN5O4/c12-5-3-15-11(16-4-5)17-7-2-8(18(20)21)9(1-6(7)13)22-10(14)19/h1-4H,(H2,14,19)(H,15,16,17). The van der Waals surface area contributed by atoms with Crippen molar-refractivity contribution in [3.63, 3.8) is 0 Å². The maximum absolute atomic E-state index is 13.9. The van der Waals surface area contributed by atoms with Gasteiger partial charge in [-0.05, 0) is 0 Å². The summed E-state index contributed by atoms with van der Waals surface area (Å²) in [5, 5.41) is 13.6. The van der Waals surface area contributed by atoms with Crippen LogP contribution < -0.4 is 15.8 Å². The topological polar surface area (TPSA) is 133 Å². The predicted molar refractivity (Wildman–Crippen MR) is 73.6 cm³/mol. The third-order valence-electron chi connectivity index (χ3n) is 2.32. The third-order valence-corrected chi connectivity index (χ3v) is 2.52. The maximum atomic E-state index is 13.9. The van der Waals surface area contributed by atoms with Crippen LogP contribution in [-0.4, -0.2) is 21.0 Å². The van der Waals surface area contributed by atoms with Crippen LogP contribution >= 0.6 is 11.6 Å². The average molecular weight is 328 g/mol. The Labute approximate surface area is 127 Å². The number of nitrogens with one attached hydrogen (secondary N) is 1. The smallest absolute Gasteiger partial charge is 0.403 e. The molecule has 114 valence electrons. The number of nitro groups is 1. The second-order valence-electron chi connectivity index (χ2n) is 3.83. The highest BCUT2D eigenvalue weighted by atomic mass is 35.5. The van der Waals surface area contributed by atoms with Crippen molar-refractivity contribution in [3.05, 3.63) is 45.5 Å². The Morgan fingerprint density at radius 3 is 2.59 bits per heavy atom. The van der Waals surface area contributed by atoms with Crippen LogP contribution in [0.3, 0.4) is 0 Å². The highest BCUT2D eigenvalue weighted by Gasteiger charge is 2.22. The minimum Gasteiger partial charge on any atom is -0.403 e. The number of anilines is 2. The number of halogens is 2. The van der Waals surface area contributed by atoms with Crippen molar-refractivity contribution in [2.45, 2.75) is 0 Å². The van der Waals surface area contributed by atoms with Gasteiger partial charge in [0, 0.05) is 12.1 Å². The lowest BCUT2D eigenvalue weighted by molar-refractivity contribution is -0.385. The van der Waals surface area contributed by atoms with E-state index in [4.69, 9.17) is 17.3 Å². The first-order valence-electron chi connectivity index (χ1n) is 5.56. The van der Waals surface area contributed by atoms with E-state index < -0.39 is 28.3 Å². The number of ether oxygens (including phenoxy) is 1. The van der Waals surface area contributed by atoms with Gasteiger partial charge in [-0.1, -0.05) is 11.6 Å². The van der Waals surface area contributed by atoms with E-state index in [1.54, 1.807) is 0 Å². The molecule has 0 aliphatic rings. The molecule has 0 saturated heterocycles. The molecule has 9 nitrogen and oxygen atoms in total. The fourth-order valence-electron chi connectivity index (χ4n) is 1.47.